The summed E-state index contributed by atoms with van der Waals surface area (Å²) in [5, 5.41) is 8.57. The maximum Gasteiger partial charge on any atom is 0.311 e. The van der Waals surface area contributed by atoms with Crippen LogP contribution in [0.5, 0.6) is 5.75 Å². The average molecular weight is 338 g/mol. The second kappa shape index (κ2) is 11.6. The Hall–Kier alpha value is -1.91. The number of benzene rings is 1. The molecule has 0 aliphatic rings. The predicted molar refractivity (Wildman–Crippen MR) is 91.1 cm³/mol. The minimum Gasteiger partial charge on any atom is -0.493 e. The van der Waals surface area contributed by atoms with E-state index in [4.69, 9.17) is 9.84 Å². The van der Waals surface area contributed by atoms with Crippen LogP contribution in [0.4, 0.5) is 4.39 Å². The van der Waals surface area contributed by atoms with Crippen molar-refractivity contribution in [3.63, 3.8) is 0 Å². The molecule has 1 rings (SSSR count). The summed E-state index contributed by atoms with van der Waals surface area (Å²) >= 11 is 0. The molecule has 134 valence electrons. The Morgan fingerprint density at radius 2 is 1.67 bits per heavy atom. The second-order valence-electron chi connectivity index (χ2n) is 5.96. The fourth-order valence-corrected chi connectivity index (χ4v) is 2.47. The maximum absolute atomic E-state index is 13.8. The summed E-state index contributed by atoms with van der Waals surface area (Å²) in [4.78, 5) is 22.0. The predicted octanol–water partition coefficient (Wildman–Crippen LogP) is 5.00. The molecule has 1 aromatic rings. The minimum absolute atomic E-state index is 0.211. The van der Waals surface area contributed by atoms with E-state index in [0.29, 0.717) is 12.4 Å². The number of carboxylic acid groups (broad SMARTS) is 1. The van der Waals surface area contributed by atoms with Crippen LogP contribution < -0.4 is 4.74 Å². The quantitative estimate of drug-likeness (QED) is 0.312. The second-order valence-corrected chi connectivity index (χ2v) is 5.96. The third-order valence-electron chi connectivity index (χ3n) is 3.82. The zero-order chi connectivity index (χ0) is 17.8. The highest BCUT2D eigenvalue weighted by Crippen LogP contribution is 2.18. The molecule has 0 aliphatic heterocycles. The molecule has 0 unspecified atom stereocenters. The molecule has 4 nitrogen and oxygen atoms in total. The highest BCUT2D eigenvalue weighted by molar-refractivity contribution is 6.05. The summed E-state index contributed by atoms with van der Waals surface area (Å²) in [5.41, 5.74) is -0.211. The molecule has 0 saturated carbocycles. The SMILES string of the molecule is CCCCCCCCCCOc1ccc(C(=O)CC(=O)O)c(F)c1. The lowest BCUT2D eigenvalue weighted by atomic mass is 10.1. The Bertz CT molecular complexity index is 528. The van der Waals surface area contributed by atoms with Crippen LogP contribution >= 0.6 is 0 Å². The number of Topliss-reactive ketones (excluding diaryl/α,β-unsaturated/α-hetero) is 1. The number of aliphatic carboxylic acids is 1. The Morgan fingerprint density at radius 1 is 1.04 bits per heavy atom. The van der Waals surface area contributed by atoms with Crippen molar-refractivity contribution in [3.8, 4) is 5.75 Å². The van der Waals surface area contributed by atoms with Gasteiger partial charge in [0.05, 0.1) is 12.2 Å². The molecule has 0 fully saturated rings. The van der Waals surface area contributed by atoms with E-state index in [0.717, 1.165) is 18.9 Å². The van der Waals surface area contributed by atoms with Crippen molar-refractivity contribution in [1.29, 1.82) is 0 Å². The lowest BCUT2D eigenvalue weighted by Crippen LogP contribution is -2.09. The monoisotopic (exact) mass is 338 g/mol. The Labute approximate surface area is 143 Å². The molecule has 0 atom stereocenters. The van der Waals surface area contributed by atoms with E-state index in [1.165, 1.54) is 50.7 Å². The summed E-state index contributed by atoms with van der Waals surface area (Å²) in [6.45, 7) is 2.71. The van der Waals surface area contributed by atoms with Crippen LogP contribution in [0.25, 0.3) is 0 Å². The van der Waals surface area contributed by atoms with Gasteiger partial charge < -0.3 is 9.84 Å². The van der Waals surface area contributed by atoms with Crippen LogP contribution in [0.2, 0.25) is 0 Å². The molecule has 0 aliphatic carbocycles. The summed E-state index contributed by atoms with van der Waals surface area (Å²) in [6, 6.07) is 3.92. The van der Waals surface area contributed by atoms with Crippen molar-refractivity contribution in [2.45, 2.75) is 64.7 Å². The van der Waals surface area contributed by atoms with E-state index in [1.54, 1.807) is 0 Å². The molecule has 0 radical (unpaired) electrons. The number of halogens is 1. The van der Waals surface area contributed by atoms with E-state index in [-0.39, 0.29) is 5.56 Å². The van der Waals surface area contributed by atoms with E-state index < -0.39 is 24.0 Å². The van der Waals surface area contributed by atoms with Gasteiger partial charge in [-0.25, -0.2) is 4.39 Å². The minimum atomic E-state index is -1.27. The first kappa shape index (κ1) is 20.1. The number of hydrogen-bond donors (Lipinski definition) is 1. The van der Waals surface area contributed by atoms with Crippen molar-refractivity contribution in [2.24, 2.45) is 0 Å². The van der Waals surface area contributed by atoms with Gasteiger partial charge in [-0.05, 0) is 18.6 Å². The van der Waals surface area contributed by atoms with Gasteiger partial charge in [-0.1, -0.05) is 51.9 Å². The Kier molecular flexibility index (Phi) is 9.73. The van der Waals surface area contributed by atoms with Gasteiger partial charge in [0.2, 0.25) is 0 Å². The highest BCUT2D eigenvalue weighted by Gasteiger charge is 2.15. The van der Waals surface area contributed by atoms with Gasteiger partial charge in [-0.3, -0.25) is 9.59 Å². The van der Waals surface area contributed by atoms with E-state index in [9.17, 15) is 14.0 Å². The highest BCUT2D eigenvalue weighted by atomic mass is 19.1. The molecule has 0 bridgehead atoms. The average Bonchev–Trinajstić information content (AvgIpc) is 2.52. The number of carbonyl (C=O) groups excluding carboxylic acids is 1. The number of ether oxygens (including phenoxy) is 1. The molecular formula is C19H27FO4. The summed E-state index contributed by atoms with van der Waals surface area (Å²) in [5.74, 6) is -2.39. The normalized spacial score (nSPS) is 10.6. The molecule has 1 N–H and O–H groups in total. The molecule has 5 heteroatoms. The zero-order valence-corrected chi connectivity index (χ0v) is 14.4. The molecule has 24 heavy (non-hydrogen) atoms. The van der Waals surface area contributed by atoms with Gasteiger partial charge in [0.25, 0.3) is 0 Å². The number of rotatable bonds is 13. The van der Waals surface area contributed by atoms with Crippen LogP contribution in [-0.4, -0.2) is 23.5 Å². The first-order valence-electron chi connectivity index (χ1n) is 8.72. The fraction of sp³-hybridized carbons (Fsp3) is 0.579. The Balaban J connectivity index is 2.26. The molecule has 0 saturated heterocycles. The van der Waals surface area contributed by atoms with Crippen molar-refractivity contribution < 1.29 is 23.8 Å². The standard InChI is InChI=1S/C19H27FO4/c1-2-3-4-5-6-7-8-9-12-24-15-10-11-16(17(20)13-15)18(21)14-19(22)23/h10-11,13H,2-9,12,14H2,1H3,(H,22,23). The molecular weight excluding hydrogens is 311 g/mol. The lowest BCUT2D eigenvalue weighted by Gasteiger charge is -2.08. The first-order chi connectivity index (χ1) is 11.5. The Morgan fingerprint density at radius 3 is 2.25 bits per heavy atom. The van der Waals surface area contributed by atoms with E-state index in [1.807, 2.05) is 0 Å². The van der Waals surface area contributed by atoms with Crippen LogP contribution in [0, 0.1) is 5.82 Å². The maximum atomic E-state index is 13.8. The lowest BCUT2D eigenvalue weighted by molar-refractivity contribution is -0.135. The number of hydrogen-bond acceptors (Lipinski definition) is 3. The summed E-state index contributed by atoms with van der Waals surface area (Å²) in [6.07, 6.45) is 8.86. The van der Waals surface area contributed by atoms with Crippen LogP contribution in [0.3, 0.4) is 0 Å². The molecule has 0 spiro atoms. The van der Waals surface area contributed by atoms with Crippen molar-refractivity contribution >= 4 is 11.8 Å². The fourth-order valence-electron chi connectivity index (χ4n) is 2.47. The smallest absolute Gasteiger partial charge is 0.311 e. The third kappa shape index (κ3) is 8.09. The van der Waals surface area contributed by atoms with Gasteiger partial charge in [-0.2, -0.15) is 0 Å². The summed E-state index contributed by atoms with van der Waals surface area (Å²) < 4.78 is 19.3. The number of carbonyl (C=O) groups is 2. The van der Waals surface area contributed by atoms with E-state index >= 15 is 0 Å². The van der Waals surface area contributed by atoms with Crippen molar-refractivity contribution in [2.75, 3.05) is 6.61 Å². The number of unbranched alkanes of at least 4 members (excludes halogenated alkanes) is 7. The van der Waals surface area contributed by atoms with Gasteiger partial charge in [0.15, 0.2) is 5.78 Å². The largest absolute Gasteiger partial charge is 0.493 e. The molecule has 0 heterocycles. The van der Waals surface area contributed by atoms with E-state index in [2.05, 4.69) is 6.92 Å². The first-order valence-corrected chi connectivity index (χ1v) is 8.72. The molecule has 1 aromatic carbocycles. The zero-order valence-electron chi connectivity index (χ0n) is 14.4. The van der Waals surface area contributed by atoms with Gasteiger partial charge >= 0.3 is 5.97 Å². The topological polar surface area (TPSA) is 63.6 Å². The molecule has 0 aromatic heterocycles. The van der Waals surface area contributed by atoms with Gasteiger partial charge in [0, 0.05) is 6.07 Å². The van der Waals surface area contributed by atoms with Gasteiger partial charge in [-0.15, -0.1) is 0 Å². The van der Waals surface area contributed by atoms with Crippen LogP contribution in [0.1, 0.15) is 75.1 Å². The molecule has 0 amide bonds. The van der Waals surface area contributed by atoms with Crippen molar-refractivity contribution in [3.05, 3.63) is 29.6 Å². The summed E-state index contributed by atoms with van der Waals surface area (Å²) in [7, 11) is 0. The van der Waals surface area contributed by atoms with Crippen molar-refractivity contribution in [1.82, 2.24) is 0 Å². The van der Waals surface area contributed by atoms with Crippen LogP contribution in [-0.2, 0) is 4.79 Å². The number of carboxylic acids is 1. The van der Waals surface area contributed by atoms with Crippen LogP contribution in [0.15, 0.2) is 18.2 Å². The van der Waals surface area contributed by atoms with Gasteiger partial charge in [0.1, 0.15) is 18.0 Å². The number of ketones is 1. The third-order valence-corrected chi connectivity index (χ3v) is 3.82.